The third-order valence-corrected chi connectivity index (χ3v) is 4.34. The molecule has 7 heteroatoms. The average Bonchev–Trinajstić information content (AvgIpc) is 2.48. The van der Waals surface area contributed by atoms with Gasteiger partial charge in [-0.3, -0.25) is 9.88 Å². The Hall–Kier alpha value is -1.72. The predicted molar refractivity (Wildman–Crippen MR) is 81.0 cm³/mol. The van der Waals surface area contributed by atoms with Gasteiger partial charge >= 0.3 is 7.60 Å². The van der Waals surface area contributed by atoms with Gasteiger partial charge in [-0.2, -0.15) is 0 Å². The maximum Gasteiger partial charge on any atom is 0.346 e. The topological polar surface area (TPSA) is 78.8 Å². The van der Waals surface area contributed by atoms with Crippen molar-refractivity contribution in [1.82, 2.24) is 5.32 Å². The molecule has 2 aromatic rings. The zero-order chi connectivity index (χ0) is 16.2. The summed E-state index contributed by atoms with van der Waals surface area (Å²) >= 11 is 0. The molecule has 0 aromatic heterocycles. The van der Waals surface area contributed by atoms with Crippen LogP contribution in [0, 0.1) is 5.82 Å². The lowest BCUT2D eigenvalue weighted by Gasteiger charge is -2.21. The maximum absolute atomic E-state index is 13.6. The summed E-state index contributed by atoms with van der Waals surface area (Å²) in [4.78, 5) is 19.1. The first-order chi connectivity index (χ1) is 10.4. The summed E-state index contributed by atoms with van der Waals surface area (Å²) in [6.45, 7) is -0.000338. The fourth-order valence-electron chi connectivity index (χ4n) is 2.09. The van der Waals surface area contributed by atoms with Gasteiger partial charge in [0.15, 0.2) is 0 Å². The van der Waals surface area contributed by atoms with Gasteiger partial charge in [-0.05, 0) is 23.8 Å². The SMILES string of the molecule is COc1cccc([C@@H](NCc2ccccc2F)P(=O)(O)O)c1. The van der Waals surface area contributed by atoms with Crippen LogP contribution in [0.25, 0.3) is 0 Å². The molecule has 22 heavy (non-hydrogen) atoms. The number of hydrogen-bond donors (Lipinski definition) is 3. The van der Waals surface area contributed by atoms with E-state index in [-0.39, 0.29) is 6.54 Å². The van der Waals surface area contributed by atoms with Gasteiger partial charge in [-0.25, -0.2) is 4.39 Å². The fourth-order valence-corrected chi connectivity index (χ4v) is 2.97. The van der Waals surface area contributed by atoms with E-state index in [1.54, 1.807) is 36.4 Å². The van der Waals surface area contributed by atoms with Crippen molar-refractivity contribution >= 4 is 7.60 Å². The molecule has 2 rings (SSSR count). The molecule has 0 bridgehead atoms. The smallest absolute Gasteiger partial charge is 0.346 e. The summed E-state index contributed by atoms with van der Waals surface area (Å²) in [7, 11) is -3.00. The Morgan fingerprint density at radius 2 is 1.95 bits per heavy atom. The predicted octanol–water partition coefficient (Wildman–Crippen LogP) is 2.80. The second-order valence-corrected chi connectivity index (χ2v) is 6.44. The molecule has 0 aliphatic rings. The minimum atomic E-state index is -4.47. The van der Waals surface area contributed by atoms with Crippen LogP contribution in [0.3, 0.4) is 0 Å². The van der Waals surface area contributed by atoms with E-state index >= 15 is 0 Å². The molecule has 118 valence electrons. The van der Waals surface area contributed by atoms with E-state index in [0.717, 1.165) is 0 Å². The maximum atomic E-state index is 13.6. The van der Waals surface area contributed by atoms with Crippen LogP contribution in [0.15, 0.2) is 48.5 Å². The van der Waals surface area contributed by atoms with Crippen LogP contribution in [0.1, 0.15) is 16.9 Å². The first-order valence-electron chi connectivity index (χ1n) is 6.58. The average molecular weight is 325 g/mol. The van der Waals surface area contributed by atoms with E-state index in [2.05, 4.69) is 5.32 Å². The molecular weight excluding hydrogens is 308 g/mol. The Kier molecular flexibility index (Phi) is 5.32. The van der Waals surface area contributed by atoms with Crippen LogP contribution in [0.4, 0.5) is 4.39 Å². The van der Waals surface area contributed by atoms with Gasteiger partial charge in [0.25, 0.3) is 0 Å². The van der Waals surface area contributed by atoms with Crippen LogP contribution in [-0.2, 0) is 11.1 Å². The van der Waals surface area contributed by atoms with Crippen molar-refractivity contribution in [3.63, 3.8) is 0 Å². The van der Waals surface area contributed by atoms with Crippen LogP contribution in [0.2, 0.25) is 0 Å². The molecule has 0 radical (unpaired) electrons. The largest absolute Gasteiger partial charge is 0.497 e. The van der Waals surface area contributed by atoms with Gasteiger partial charge in [-0.1, -0.05) is 30.3 Å². The van der Waals surface area contributed by atoms with E-state index in [1.165, 1.54) is 19.2 Å². The molecule has 0 aliphatic carbocycles. The fraction of sp³-hybridized carbons (Fsp3) is 0.200. The Labute approximate surface area is 127 Å². The Bertz CT molecular complexity index is 689. The standard InChI is InChI=1S/C15H17FNO4P/c1-21-13-7-4-6-11(9-13)15(22(18,19)20)17-10-12-5-2-3-8-14(12)16/h2-9,15,17H,10H2,1H3,(H2,18,19,20)/t15-/m0/s1. The van der Waals surface area contributed by atoms with E-state index < -0.39 is 19.2 Å². The highest BCUT2D eigenvalue weighted by molar-refractivity contribution is 7.52. The summed E-state index contributed by atoms with van der Waals surface area (Å²) in [5.41, 5.74) is 0.716. The molecule has 0 aliphatic heterocycles. The van der Waals surface area contributed by atoms with Gasteiger partial charge in [0, 0.05) is 12.1 Å². The van der Waals surface area contributed by atoms with Gasteiger partial charge < -0.3 is 14.5 Å². The number of benzene rings is 2. The normalized spacial score (nSPS) is 12.9. The second kappa shape index (κ2) is 7.03. The Balaban J connectivity index is 2.24. The van der Waals surface area contributed by atoms with Crippen molar-refractivity contribution < 1.29 is 23.5 Å². The molecule has 0 amide bonds. The Morgan fingerprint density at radius 1 is 1.23 bits per heavy atom. The zero-order valence-corrected chi connectivity index (χ0v) is 12.8. The molecule has 0 fully saturated rings. The van der Waals surface area contributed by atoms with Crippen LogP contribution < -0.4 is 10.1 Å². The number of nitrogens with one attached hydrogen (secondary N) is 1. The van der Waals surface area contributed by atoms with Crippen molar-refractivity contribution in [3.8, 4) is 5.75 Å². The highest BCUT2D eigenvalue weighted by Crippen LogP contribution is 2.50. The van der Waals surface area contributed by atoms with Gasteiger partial charge in [0.2, 0.25) is 0 Å². The van der Waals surface area contributed by atoms with E-state index in [9.17, 15) is 18.7 Å². The number of methoxy groups -OCH3 is 1. The molecule has 0 heterocycles. The highest BCUT2D eigenvalue weighted by Gasteiger charge is 2.30. The summed E-state index contributed by atoms with van der Waals surface area (Å²) in [6.07, 6.45) is 0. The van der Waals surface area contributed by atoms with Crippen molar-refractivity contribution in [3.05, 3.63) is 65.5 Å². The molecule has 0 saturated heterocycles. The lowest BCUT2D eigenvalue weighted by Crippen LogP contribution is -2.21. The van der Waals surface area contributed by atoms with Gasteiger partial charge in [0.1, 0.15) is 17.3 Å². The number of rotatable bonds is 6. The minimum Gasteiger partial charge on any atom is -0.497 e. The number of hydrogen-bond acceptors (Lipinski definition) is 3. The zero-order valence-electron chi connectivity index (χ0n) is 11.9. The lowest BCUT2D eigenvalue weighted by atomic mass is 10.2. The molecular formula is C15H17FNO4P. The van der Waals surface area contributed by atoms with Crippen molar-refractivity contribution in [2.24, 2.45) is 0 Å². The molecule has 0 unspecified atom stereocenters. The first-order valence-corrected chi connectivity index (χ1v) is 8.26. The van der Waals surface area contributed by atoms with E-state index in [0.29, 0.717) is 16.9 Å². The molecule has 1 atom stereocenters. The summed E-state index contributed by atoms with van der Waals surface area (Å²) < 4.78 is 30.4. The van der Waals surface area contributed by atoms with Crippen LogP contribution in [-0.4, -0.2) is 16.9 Å². The van der Waals surface area contributed by atoms with Gasteiger partial charge in [0.05, 0.1) is 7.11 Å². The lowest BCUT2D eigenvalue weighted by molar-refractivity contribution is 0.346. The van der Waals surface area contributed by atoms with Gasteiger partial charge in [-0.15, -0.1) is 0 Å². The van der Waals surface area contributed by atoms with Crippen molar-refractivity contribution in [1.29, 1.82) is 0 Å². The number of ether oxygens (including phenoxy) is 1. The third kappa shape index (κ3) is 4.15. The molecule has 2 aromatic carbocycles. The summed E-state index contributed by atoms with van der Waals surface area (Å²) in [5, 5.41) is 2.73. The second-order valence-electron chi connectivity index (χ2n) is 4.74. The molecule has 3 N–H and O–H groups in total. The van der Waals surface area contributed by atoms with Crippen LogP contribution in [0.5, 0.6) is 5.75 Å². The number of halogens is 1. The summed E-state index contributed by atoms with van der Waals surface area (Å²) in [6, 6.07) is 12.5. The van der Waals surface area contributed by atoms with Crippen molar-refractivity contribution in [2.45, 2.75) is 12.3 Å². The molecule has 5 nitrogen and oxygen atoms in total. The quantitative estimate of drug-likeness (QED) is 0.712. The highest BCUT2D eigenvalue weighted by atomic mass is 31.2. The first kappa shape index (κ1) is 16.6. The minimum absolute atomic E-state index is 0.000338. The molecule has 0 spiro atoms. The van der Waals surface area contributed by atoms with E-state index in [1.807, 2.05) is 0 Å². The van der Waals surface area contributed by atoms with E-state index in [4.69, 9.17) is 4.74 Å². The van der Waals surface area contributed by atoms with Crippen molar-refractivity contribution in [2.75, 3.05) is 7.11 Å². The Morgan fingerprint density at radius 3 is 2.59 bits per heavy atom. The third-order valence-electron chi connectivity index (χ3n) is 3.19. The molecule has 0 saturated carbocycles. The van der Waals surface area contributed by atoms with Crippen LogP contribution >= 0.6 is 7.60 Å². The monoisotopic (exact) mass is 325 g/mol. The summed E-state index contributed by atoms with van der Waals surface area (Å²) in [5.74, 6) is -1.17.